The first-order valence-electron chi connectivity index (χ1n) is 7.03. The molecule has 0 aromatic heterocycles. The van der Waals surface area contributed by atoms with Crippen molar-refractivity contribution >= 4 is 17.6 Å². The number of benzene rings is 1. The van der Waals surface area contributed by atoms with Gasteiger partial charge in [0.05, 0.1) is 12.0 Å². The Kier molecular flexibility index (Phi) is 4.59. The summed E-state index contributed by atoms with van der Waals surface area (Å²) in [6.45, 7) is 6.34. The predicted molar refractivity (Wildman–Crippen MR) is 79.3 cm³/mol. The van der Waals surface area contributed by atoms with E-state index in [9.17, 15) is 4.79 Å². The second-order valence-electron chi connectivity index (χ2n) is 5.69. The smallest absolute Gasteiger partial charge is 0.305 e. The molecule has 1 atom stereocenters. The molecule has 0 saturated heterocycles. The van der Waals surface area contributed by atoms with Crippen LogP contribution in [0.4, 0.5) is 0 Å². The van der Waals surface area contributed by atoms with E-state index in [0.717, 1.165) is 17.7 Å². The van der Waals surface area contributed by atoms with Gasteiger partial charge in [0, 0.05) is 18.4 Å². The van der Waals surface area contributed by atoms with E-state index in [0.29, 0.717) is 19.4 Å². The van der Waals surface area contributed by atoms with Gasteiger partial charge in [-0.1, -0.05) is 18.2 Å². The SMILES string of the molecule is CCOC(=O)CCC(Cl)c1cccc2c1OC(C)(C)C2. The topological polar surface area (TPSA) is 35.5 Å². The van der Waals surface area contributed by atoms with E-state index >= 15 is 0 Å². The fraction of sp³-hybridized carbons (Fsp3) is 0.562. The zero-order valence-electron chi connectivity index (χ0n) is 12.2. The van der Waals surface area contributed by atoms with Crippen molar-refractivity contribution < 1.29 is 14.3 Å². The summed E-state index contributed by atoms with van der Waals surface area (Å²) < 4.78 is 10.9. The molecule has 0 bridgehead atoms. The van der Waals surface area contributed by atoms with Gasteiger partial charge in [0.1, 0.15) is 11.4 Å². The molecule has 0 N–H and O–H groups in total. The maximum Gasteiger partial charge on any atom is 0.305 e. The van der Waals surface area contributed by atoms with Gasteiger partial charge in [0.15, 0.2) is 0 Å². The highest BCUT2D eigenvalue weighted by molar-refractivity contribution is 6.21. The monoisotopic (exact) mass is 296 g/mol. The largest absolute Gasteiger partial charge is 0.487 e. The van der Waals surface area contributed by atoms with Crippen LogP contribution in [0.25, 0.3) is 0 Å². The highest BCUT2D eigenvalue weighted by Gasteiger charge is 2.32. The molecule has 1 aliphatic rings. The van der Waals surface area contributed by atoms with Gasteiger partial charge in [-0.2, -0.15) is 0 Å². The van der Waals surface area contributed by atoms with Gasteiger partial charge in [-0.25, -0.2) is 0 Å². The highest BCUT2D eigenvalue weighted by Crippen LogP contribution is 2.42. The number of halogens is 1. The molecule has 1 aromatic carbocycles. The van der Waals surface area contributed by atoms with Gasteiger partial charge in [0.2, 0.25) is 0 Å². The van der Waals surface area contributed by atoms with E-state index in [-0.39, 0.29) is 16.9 Å². The number of rotatable bonds is 5. The van der Waals surface area contributed by atoms with Crippen molar-refractivity contribution in [3.05, 3.63) is 29.3 Å². The second kappa shape index (κ2) is 6.04. The van der Waals surface area contributed by atoms with Crippen LogP contribution in [0.15, 0.2) is 18.2 Å². The molecular formula is C16H21ClO3. The van der Waals surface area contributed by atoms with Gasteiger partial charge in [-0.3, -0.25) is 4.79 Å². The summed E-state index contributed by atoms with van der Waals surface area (Å²) in [4.78, 5) is 11.4. The standard InChI is InChI=1S/C16H21ClO3/c1-4-19-14(18)9-8-13(17)12-7-5-6-11-10-16(2,3)20-15(11)12/h5-7,13H,4,8-10H2,1-3H3. The first-order chi connectivity index (χ1) is 9.43. The third-order valence-electron chi connectivity index (χ3n) is 3.37. The zero-order chi connectivity index (χ0) is 14.8. The number of hydrogen-bond acceptors (Lipinski definition) is 3. The van der Waals surface area contributed by atoms with E-state index < -0.39 is 0 Å². The average molecular weight is 297 g/mol. The first-order valence-corrected chi connectivity index (χ1v) is 7.47. The molecule has 0 radical (unpaired) electrons. The Morgan fingerprint density at radius 3 is 2.95 bits per heavy atom. The molecule has 20 heavy (non-hydrogen) atoms. The van der Waals surface area contributed by atoms with Crippen LogP contribution in [0.5, 0.6) is 5.75 Å². The molecule has 0 aliphatic carbocycles. The van der Waals surface area contributed by atoms with Crippen molar-refractivity contribution in [1.82, 2.24) is 0 Å². The molecule has 0 fully saturated rings. The number of hydrogen-bond donors (Lipinski definition) is 0. The van der Waals surface area contributed by atoms with E-state index in [1.54, 1.807) is 6.92 Å². The van der Waals surface area contributed by atoms with Crippen LogP contribution in [-0.4, -0.2) is 18.2 Å². The van der Waals surface area contributed by atoms with Crippen molar-refractivity contribution in [2.45, 2.75) is 51.0 Å². The Morgan fingerprint density at radius 2 is 2.25 bits per heavy atom. The first kappa shape index (κ1) is 15.2. The van der Waals surface area contributed by atoms with Crippen LogP contribution in [-0.2, 0) is 16.0 Å². The Bertz CT molecular complexity index is 496. The Labute approximate surface area is 125 Å². The van der Waals surface area contributed by atoms with Crippen LogP contribution < -0.4 is 4.74 Å². The minimum Gasteiger partial charge on any atom is -0.487 e. The normalized spacial score (nSPS) is 17.2. The van der Waals surface area contributed by atoms with E-state index in [1.165, 1.54) is 5.56 Å². The third-order valence-corrected chi connectivity index (χ3v) is 3.82. The minimum atomic E-state index is -0.233. The van der Waals surface area contributed by atoms with Crippen LogP contribution in [0.3, 0.4) is 0 Å². The number of esters is 1. The lowest BCUT2D eigenvalue weighted by atomic mass is 9.99. The summed E-state index contributed by atoms with van der Waals surface area (Å²) in [5, 5.41) is -0.233. The summed E-state index contributed by atoms with van der Waals surface area (Å²) in [6.07, 6.45) is 1.77. The molecule has 3 nitrogen and oxygen atoms in total. The van der Waals surface area contributed by atoms with Gasteiger partial charge in [-0.05, 0) is 32.8 Å². The minimum absolute atomic E-state index is 0.184. The molecule has 1 aliphatic heterocycles. The zero-order valence-corrected chi connectivity index (χ0v) is 13.0. The number of fused-ring (bicyclic) bond motifs is 1. The molecule has 1 aromatic rings. The van der Waals surface area contributed by atoms with Gasteiger partial charge < -0.3 is 9.47 Å². The summed E-state index contributed by atoms with van der Waals surface area (Å²) in [5.74, 6) is 0.688. The average Bonchev–Trinajstić information content (AvgIpc) is 2.69. The van der Waals surface area contributed by atoms with Crippen LogP contribution in [0, 0.1) is 0 Å². The van der Waals surface area contributed by atoms with Crippen molar-refractivity contribution in [3.8, 4) is 5.75 Å². The van der Waals surface area contributed by atoms with Crippen LogP contribution >= 0.6 is 11.6 Å². The van der Waals surface area contributed by atoms with Crippen LogP contribution in [0.1, 0.15) is 50.1 Å². The molecule has 1 unspecified atom stereocenters. The number of alkyl halides is 1. The molecule has 110 valence electrons. The van der Waals surface area contributed by atoms with Crippen molar-refractivity contribution in [3.63, 3.8) is 0 Å². The fourth-order valence-corrected chi connectivity index (χ4v) is 2.80. The highest BCUT2D eigenvalue weighted by atomic mass is 35.5. The number of carbonyl (C=O) groups is 1. The maximum atomic E-state index is 11.4. The summed E-state index contributed by atoms with van der Waals surface area (Å²) >= 11 is 6.44. The van der Waals surface area contributed by atoms with Crippen molar-refractivity contribution in [2.75, 3.05) is 6.61 Å². The maximum absolute atomic E-state index is 11.4. The summed E-state index contributed by atoms with van der Waals surface area (Å²) in [5.41, 5.74) is 1.98. The van der Waals surface area contributed by atoms with Gasteiger partial charge >= 0.3 is 5.97 Å². The summed E-state index contributed by atoms with van der Waals surface area (Å²) in [7, 11) is 0. The Balaban J connectivity index is 2.07. The third kappa shape index (κ3) is 3.45. The van der Waals surface area contributed by atoms with Crippen LogP contribution in [0.2, 0.25) is 0 Å². The Morgan fingerprint density at radius 1 is 1.50 bits per heavy atom. The van der Waals surface area contributed by atoms with E-state index in [1.807, 2.05) is 12.1 Å². The quantitative estimate of drug-likeness (QED) is 0.608. The van der Waals surface area contributed by atoms with Gasteiger partial charge in [-0.15, -0.1) is 11.6 Å². The van der Waals surface area contributed by atoms with Gasteiger partial charge in [0.25, 0.3) is 0 Å². The predicted octanol–water partition coefficient (Wildman–Crippen LogP) is 4.02. The number of para-hydroxylation sites is 1. The molecule has 4 heteroatoms. The fourth-order valence-electron chi connectivity index (χ4n) is 2.52. The van der Waals surface area contributed by atoms with E-state index in [2.05, 4.69) is 19.9 Å². The lowest BCUT2D eigenvalue weighted by molar-refractivity contribution is -0.143. The number of ether oxygens (including phenoxy) is 2. The van der Waals surface area contributed by atoms with Crippen molar-refractivity contribution in [2.24, 2.45) is 0 Å². The molecule has 0 spiro atoms. The number of carbonyl (C=O) groups excluding carboxylic acids is 1. The second-order valence-corrected chi connectivity index (χ2v) is 6.21. The van der Waals surface area contributed by atoms with E-state index in [4.69, 9.17) is 21.1 Å². The lowest BCUT2D eigenvalue weighted by Gasteiger charge is -2.19. The molecular weight excluding hydrogens is 276 g/mol. The molecule has 0 saturated carbocycles. The van der Waals surface area contributed by atoms with Crippen molar-refractivity contribution in [1.29, 1.82) is 0 Å². The molecule has 0 amide bonds. The molecule has 1 heterocycles. The lowest BCUT2D eigenvalue weighted by Crippen LogP contribution is -2.25. The Hall–Kier alpha value is -1.22. The molecule has 2 rings (SSSR count). The summed E-state index contributed by atoms with van der Waals surface area (Å²) in [6, 6.07) is 6.05.